The molecule has 3 aromatic rings. The van der Waals surface area contributed by atoms with Gasteiger partial charge in [-0.3, -0.25) is 14.8 Å². The predicted molar refractivity (Wildman–Crippen MR) is 139 cm³/mol. The van der Waals surface area contributed by atoms with Gasteiger partial charge in [0.1, 0.15) is 5.82 Å². The fourth-order valence-corrected chi connectivity index (χ4v) is 5.64. The van der Waals surface area contributed by atoms with Gasteiger partial charge in [0.25, 0.3) is 5.91 Å². The molecule has 0 N–H and O–H groups in total. The first-order valence-corrected chi connectivity index (χ1v) is 13.2. The lowest BCUT2D eigenvalue weighted by Crippen LogP contribution is -2.55. The smallest absolute Gasteiger partial charge is 0.409 e. The number of aromatic nitrogens is 2. The minimum absolute atomic E-state index is 0.0972. The van der Waals surface area contributed by atoms with Crippen molar-refractivity contribution in [1.82, 2.24) is 19.8 Å². The topological polar surface area (TPSA) is 75.6 Å². The maximum absolute atomic E-state index is 13.4. The van der Waals surface area contributed by atoms with E-state index in [1.165, 1.54) is 12.3 Å². The van der Waals surface area contributed by atoms with E-state index in [1.807, 2.05) is 19.9 Å². The summed E-state index contributed by atoms with van der Waals surface area (Å²) in [7, 11) is 0. The quantitative estimate of drug-likeness (QED) is 0.457. The van der Waals surface area contributed by atoms with Crippen LogP contribution in [-0.2, 0) is 17.6 Å². The van der Waals surface area contributed by atoms with Crippen LogP contribution >= 0.6 is 11.6 Å². The zero-order chi connectivity index (χ0) is 26.1. The van der Waals surface area contributed by atoms with Crippen molar-refractivity contribution in [3.05, 3.63) is 69.9 Å². The number of fused-ring (bicyclic) bond motifs is 2. The molecule has 7 nitrogen and oxygen atoms in total. The van der Waals surface area contributed by atoms with E-state index < -0.39 is 0 Å². The average Bonchev–Trinajstić information content (AvgIpc) is 2.91. The molecule has 5 rings (SSSR count). The Balaban J connectivity index is 1.36. The number of piperazine rings is 1. The normalized spacial score (nSPS) is 19.6. The third kappa shape index (κ3) is 5.12. The number of pyridine rings is 2. The first kappa shape index (κ1) is 25.4. The van der Waals surface area contributed by atoms with E-state index in [4.69, 9.17) is 21.3 Å². The highest BCUT2D eigenvalue weighted by atomic mass is 35.5. The molecule has 2 amide bonds. The molecule has 0 spiro atoms. The number of hydrogen-bond donors (Lipinski definition) is 0. The van der Waals surface area contributed by atoms with Crippen molar-refractivity contribution in [1.29, 1.82) is 0 Å². The van der Waals surface area contributed by atoms with Crippen molar-refractivity contribution < 1.29 is 18.7 Å². The first-order chi connectivity index (χ1) is 17.9. The molecule has 1 aliphatic heterocycles. The van der Waals surface area contributed by atoms with E-state index in [9.17, 15) is 14.0 Å². The molecule has 1 aromatic carbocycles. The molecular formula is C28H30ClFN4O3. The van der Waals surface area contributed by atoms with Gasteiger partial charge in [0.15, 0.2) is 0 Å². The Hall–Kier alpha value is -3.26. The van der Waals surface area contributed by atoms with Crippen LogP contribution < -0.4 is 0 Å². The Bertz CT molecular complexity index is 1330. The molecule has 1 fully saturated rings. The average molecular weight is 525 g/mol. The Labute approximate surface area is 220 Å². The molecule has 2 aromatic heterocycles. The highest BCUT2D eigenvalue weighted by molar-refractivity contribution is 6.36. The number of nitrogens with zero attached hydrogens (tertiary/aromatic N) is 4. The number of hydrogen-bond acceptors (Lipinski definition) is 5. The number of halogens is 2. The lowest BCUT2D eigenvalue weighted by molar-refractivity contribution is 0.0414. The van der Waals surface area contributed by atoms with Crippen molar-refractivity contribution in [3.63, 3.8) is 0 Å². The van der Waals surface area contributed by atoms with E-state index in [2.05, 4.69) is 4.98 Å². The molecule has 2 unspecified atom stereocenters. The molecule has 0 saturated carbocycles. The molecule has 37 heavy (non-hydrogen) atoms. The van der Waals surface area contributed by atoms with Gasteiger partial charge in [-0.2, -0.15) is 0 Å². The van der Waals surface area contributed by atoms with Crippen molar-refractivity contribution >= 4 is 34.5 Å². The second-order valence-corrected chi connectivity index (χ2v) is 10.2. The van der Waals surface area contributed by atoms with Gasteiger partial charge in [0.05, 0.1) is 23.3 Å². The fraction of sp³-hybridized carbons (Fsp3) is 0.429. The highest BCUT2D eigenvalue weighted by Gasteiger charge is 2.31. The molecule has 194 valence electrons. The highest BCUT2D eigenvalue weighted by Crippen LogP contribution is 2.38. The van der Waals surface area contributed by atoms with Gasteiger partial charge in [-0.25, -0.2) is 9.18 Å². The van der Waals surface area contributed by atoms with Crippen LogP contribution in [0.2, 0.25) is 5.02 Å². The van der Waals surface area contributed by atoms with Gasteiger partial charge < -0.3 is 14.5 Å². The van der Waals surface area contributed by atoms with Crippen LogP contribution in [0.1, 0.15) is 59.9 Å². The van der Waals surface area contributed by atoms with Crippen molar-refractivity contribution in [2.75, 3.05) is 26.2 Å². The molecule has 0 radical (unpaired) electrons. The second kappa shape index (κ2) is 10.6. The van der Waals surface area contributed by atoms with Gasteiger partial charge in [-0.15, -0.1) is 0 Å². The fourth-order valence-electron chi connectivity index (χ4n) is 5.27. The molecule has 1 aliphatic carbocycles. The zero-order valence-electron chi connectivity index (χ0n) is 21.0. The molecule has 3 heterocycles. The number of rotatable bonds is 4. The molecule has 0 bridgehead atoms. The molecule has 2 aliphatic rings. The summed E-state index contributed by atoms with van der Waals surface area (Å²) in [4.78, 5) is 38.3. The van der Waals surface area contributed by atoms with Crippen LogP contribution in [0.4, 0.5) is 9.18 Å². The minimum Gasteiger partial charge on any atom is -0.449 e. The Morgan fingerprint density at radius 3 is 2.78 bits per heavy atom. The summed E-state index contributed by atoms with van der Waals surface area (Å²) in [6.07, 6.45) is 3.99. The zero-order valence-corrected chi connectivity index (χ0v) is 21.8. The first-order valence-electron chi connectivity index (χ1n) is 12.8. The summed E-state index contributed by atoms with van der Waals surface area (Å²) in [5, 5.41) is 1.50. The number of ether oxygens (including phenoxy) is 1. The van der Waals surface area contributed by atoms with Crippen LogP contribution in [0.5, 0.6) is 0 Å². The molecule has 2 atom stereocenters. The van der Waals surface area contributed by atoms with E-state index in [1.54, 1.807) is 28.0 Å². The standard InChI is InChI=1S/C28H30ClFN4O3/c1-3-12-37-28(36)33-10-11-34(17(2)16-33)27(35)19-5-8-22-25(14-19)32-24-13-18(4-7-21(24)26(22)29)23-9-6-20(30)15-31-23/h5-6,8-9,14-15,17-18H,3-4,7,10-13,16H2,1-2H3. The van der Waals surface area contributed by atoms with Gasteiger partial charge in [-0.1, -0.05) is 24.6 Å². The maximum atomic E-state index is 13.4. The van der Waals surface area contributed by atoms with Crippen molar-refractivity contribution in [3.8, 4) is 0 Å². The van der Waals surface area contributed by atoms with Gasteiger partial charge in [0.2, 0.25) is 0 Å². The lowest BCUT2D eigenvalue weighted by atomic mass is 9.84. The second-order valence-electron chi connectivity index (χ2n) is 9.83. The van der Waals surface area contributed by atoms with Crippen LogP contribution in [0.15, 0.2) is 36.5 Å². The summed E-state index contributed by atoms with van der Waals surface area (Å²) >= 11 is 6.81. The van der Waals surface area contributed by atoms with Crippen LogP contribution in [0.3, 0.4) is 0 Å². The van der Waals surface area contributed by atoms with Crippen LogP contribution in [0.25, 0.3) is 10.9 Å². The maximum Gasteiger partial charge on any atom is 0.409 e. The van der Waals surface area contributed by atoms with Crippen molar-refractivity contribution in [2.45, 2.75) is 51.5 Å². The van der Waals surface area contributed by atoms with E-state index in [-0.39, 0.29) is 29.8 Å². The number of carbonyl (C=O) groups is 2. The SMILES string of the molecule is CCCOC(=O)N1CCN(C(=O)c2ccc3c(Cl)c4c(nc3c2)CC(c2ccc(F)cn2)CC4)C(C)C1. The van der Waals surface area contributed by atoms with E-state index in [0.717, 1.165) is 41.6 Å². The molecular weight excluding hydrogens is 495 g/mol. The monoisotopic (exact) mass is 524 g/mol. The third-order valence-corrected chi connectivity index (χ3v) is 7.71. The largest absolute Gasteiger partial charge is 0.449 e. The Kier molecular flexibility index (Phi) is 7.29. The molecule has 1 saturated heterocycles. The summed E-state index contributed by atoms with van der Waals surface area (Å²) in [5.41, 5.74) is 4.00. The Morgan fingerprint density at radius 2 is 2.05 bits per heavy atom. The summed E-state index contributed by atoms with van der Waals surface area (Å²) < 4.78 is 18.6. The van der Waals surface area contributed by atoms with Gasteiger partial charge in [-0.05, 0) is 62.4 Å². The Morgan fingerprint density at radius 1 is 1.22 bits per heavy atom. The summed E-state index contributed by atoms with van der Waals surface area (Å²) in [5.74, 6) is -0.309. The number of amides is 2. The van der Waals surface area contributed by atoms with Gasteiger partial charge >= 0.3 is 6.09 Å². The molecule has 9 heteroatoms. The summed E-state index contributed by atoms with van der Waals surface area (Å²) in [6, 6.07) is 8.50. The lowest BCUT2D eigenvalue weighted by Gasteiger charge is -2.39. The number of benzene rings is 1. The van der Waals surface area contributed by atoms with Crippen LogP contribution in [-0.4, -0.2) is 64.1 Å². The third-order valence-electron chi connectivity index (χ3n) is 7.28. The minimum atomic E-state index is -0.350. The summed E-state index contributed by atoms with van der Waals surface area (Å²) in [6.45, 7) is 5.58. The number of carbonyl (C=O) groups excluding carboxylic acids is 2. The van der Waals surface area contributed by atoms with E-state index >= 15 is 0 Å². The van der Waals surface area contributed by atoms with Gasteiger partial charge in [0, 0.05) is 53.9 Å². The van der Waals surface area contributed by atoms with Crippen molar-refractivity contribution in [2.24, 2.45) is 0 Å². The predicted octanol–water partition coefficient (Wildman–Crippen LogP) is 5.39. The van der Waals surface area contributed by atoms with E-state index in [0.29, 0.717) is 48.8 Å². The van der Waals surface area contributed by atoms with Crippen LogP contribution in [0, 0.1) is 5.82 Å².